The van der Waals surface area contributed by atoms with Crippen LogP contribution in [0.5, 0.6) is 5.75 Å². The van der Waals surface area contributed by atoms with Gasteiger partial charge in [-0.3, -0.25) is 14.2 Å². The number of ketones is 1. The van der Waals surface area contributed by atoms with Crippen LogP contribution in [0.4, 0.5) is 0 Å². The number of aromatic nitrogens is 3. The second-order valence-electron chi connectivity index (χ2n) is 5.82. The van der Waals surface area contributed by atoms with Gasteiger partial charge < -0.3 is 9.30 Å². The number of halogens is 1. The molecule has 0 unspecified atom stereocenters. The van der Waals surface area contributed by atoms with Crippen LogP contribution in [0, 0.1) is 23.2 Å². The highest BCUT2D eigenvalue weighted by molar-refractivity contribution is 9.10. The topological polar surface area (TPSA) is 89.9 Å². The van der Waals surface area contributed by atoms with E-state index in [1.165, 1.54) is 18.0 Å². The minimum absolute atomic E-state index is 0.181. The number of hydrogen-bond acceptors (Lipinski definition) is 5. The van der Waals surface area contributed by atoms with Gasteiger partial charge in [-0.2, -0.15) is 5.26 Å². The van der Waals surface area contributed by atoms with E-state index in [0.717, 1.165) is 0 Å². The maximum atomic E-state index is 13.0. The van der Waals surface area contributed by atoms with E-state index in [1.807, 2.05) is 0 Å². The Morgan fingerprint density at radius 1 is 1.39 bits per heavy atom. The Bertz CT molecular complexity index is 1240. The smallest absolute Gasteiger partial charge is 0.278 e. The summed E-state index contributed by atoms with van der Waals surface area (Å²) in [6.07, 6.45) is 1.28. The number of carbonyl (C=O) groups excluding carboxylic acids is 1. The first kappa shape index (κ1) is 19.4. The zero-order valence-corrected chi connectivity index (χ0v) is 16.8. The first-order valence-electron chi connectivity index (χ1n) is 8.25. The van der Waals surface area contributed by atoms with E-state index in [1.54, 1.807) is 35.8 Å². The van der Waals surface area contributed by atoms with Gasteiger partial charge in [-0.1, -0.05) is 18.1 Å². The molecule has 0 atom stereocenters. The van der Waals surface area contributed by atoms with Crippen molar-refractivity contribution in [1.29, 1.82) is 5.26 Å². The van der Waals surface area contributed by atoms with Crippen molar-refractivity contribution in [3.63, 3.8) is 0 Å². The number of fused-ring (bicyclic) bond motifs is 1. The molecule has 1 aromatic carbocycles. The van der Waals surface area contributed by atoms with E-state index >= 15 is 0 Å². The van der Waals surface area contributed by atoms with Crippen LogP contribution in [0.3, 0.4) is 0 Å². The Labute approximate surface area is 169 Å². The van der Waals surface area contributed by atoms with Crippen LogP contribution in [0.25, 0.3) is 11.0 Å². The number of benzene rings is 1. The molecule has 2 heterocycles. The second kappa shape index (κ2) is 8.12. The number of rotatable bonds is 5. The van der Waals surface area contributed by atoms with Gasteiger partial charge in [-0.15, -0.1) is 5.92 Å². The van der Waals surface area contributed by atoms with Gasteiger partial charge in [0.05, 0.1) is 26.5 Å². The molecule has 0 amide bonds. The van der Waals surface area contributed by atoms with Crippen molar-refractivity contribution in [2.45, 2.75) is 20.0 Å². The van der Waals surface area contributed by atoms with Crippen molar-refractivity contribution in [2.24, 2.45) is 0 Å². The van der Waals surface area contributed by atoms with Crippen molar-refractivity contribution in [3.8, 4) is 23.7 Å². The Balaban J connectivity index is 2.09. The fourth-order valence-corrected chi connectivity index (χ4v) is 3.38. The van der Waals surface area contributed by atoms with E-state index in [9.17, 15) is 14.9 Å². The Morgan fingerprint density at radius 3 is 2.86 bits per heavy atom. The minimum Gasteiger partial charge on any atom is -0.497 e. The highest BCUT2D eigenvalue weighted by Gasteiger charge is 2.20. The van der Waals surface area contributed by atoms with Gasteiger partial charge in [-0.25, -0.2) is 4.98 Å². The first-order valence-corrected chi connectivity index (χ1v) is 9.05. The van der Waals surface area contributed by atoms with Crippen LogP contribution in [0.15, 0.2) is 40.0 Å². The van der Waals surface area contributed by atoms with Gasteiger partial charge in [-0.05, 0) is 35.0 Å². The second-order valence-corrected chi connectivity index (χ2v) is 6.57. The lowest BCUT2D eigenvalue weighted by Crippen LogP contribution is -2.26. The summed E-state index contributed by atoms with van der Waals surface area (Å²) < 4.78 is 8.39. The number of hydrogen-bond donors (Lipinski definition) is 0. The summed E-state index contributed by atoms with van der Waals surface area (Å²) in [6.45, 7) is 1.73. The van der Waals surface area contributed by atoms with E-state index in [-0.39, 0.29) is 35.5 Å². The van der Waals surface area contributed by atoms with Crippen LogP contribution >= 0.6 is 15.9 Å². The maximum Gasteiger partial charge on any atom is 0.278 e. The molecular weight excluding hydrogens is 424 g/mol. The number of carbonyl (C=O) groups is 1. The third-order valence-electron chi connectivity index (χ3n) is 4.20. The van der Waals surface area contributed by atoms with E-state index < -0.39 is 5.56 Å². The third kappa shape index (κ3) is 3.42. The number of nitrogens with zero attached hydrogens (tertiary/aromatic N) is 4. The SMILES string of the molecule is CC#CCn1c(Br)c(C#N)c2ncn(CC(=O)c3cccc(OC)c3)c(=O)c21. The monoisotopic (exact) mass is 438 g/mol. The number of ether oxygens (including phenoxy) is 1. The molecule has 3 rings (SSSR count). The molecule has 0 aliphatic rings. The average Bonchev–Trinajstić information content (AvgIpc) is 2.99. The lowest BCUT2D eigenvalue weighted by Gasteiger charge is -2.07. The van der Waals surface area contributed by atoms with E-state index in [4.69, 9.17) is 4.74 Å². The van der Waals surface area contributed by atoms with Crippen molar-refractivity contribution in [2.75, 3.05) is 7.11 Å². The minimum atomic E-state index is -0.415. The molecule has 0 radical (unpaired) electrons. The molecule has 0 fully saturated rings. The molecule has 28 heavy (non-hydrogen) atoms. The Hall–Kier alpha value is -3.36. The number of nitriles is 1. The van der Waals surface area contributed by atoms with Gasteiger partial charge in [0, 0.05) is 5.56 Å². The summed E-state index contributed by atoms with van der Waals surface area (Å²) in [5.74, 6) is 5.94. The van der Waals surface area contributed by atoms with Crippen LogP contribution in [0.1, 0.15) is 22.8 Å². The quantitative estimate of drug-likeness (QED) is 0.451. The summed E-state index contributed by atoms with van der Waals surface area (Å²) >= 11 is 3.35. The molecule has 0 bridgehead atoms. The van der Waals surface area contributed by atoms with Crippen LogP contribution in [-0.4, -0.2) is 27.0 Å². The van der Waals surface area contributed by atoms with Crippen LogP contribution < -0.4 is 10.3 Å². The molecular formula is C20H15BrN4O3. The summed E-state index contributed by atoms with van der Waals surface area (Å²) in [7, 11) is 1.52. The predicted octanol–water partition coefficient (Wildman–Crippen LogP) is 2.75. The van der Waals surface area contributed by atoms with Crippen LogP contribution in [0.2, 0.25) is 0 Å². The molecule has 0 N–H and O–H groups in total. The Kier molecular flexibility index (Phi) is 5.62. The highest BCUT2D eigenvalue weighted by Crippen LogP contribution is 2.26. The summed E-state index contributed by atoms with van der Waals surface area (Å²) in [5, 5.41) is 9.41. The molecule has 140 valence electrons. The molecule has 0 spiro atoms. The van der Waals surface area contributed by atoms with Gasteiger partial charge in [0.25, 0.3) is 5.56 Å². The van der Waals surface area contributed by atoms with Crippen molar-refractivity contribution in [3.05, 3.63) is 56.7 Å². The lowest BCUT2D eigenvalue weighted by molar-refractivity contribution is 0.0970. The molecule has 8 heteroatoms. The van der Waals surface area contributed by atoms with E-state index in [2.05, 4.69) is 38.8 Å². The number of methoxy groups -OCH3 is 1. The molecule has 0 aliphatic carbocycles. The fourth-order valence-electron chi connectivity index (χ4n) is 2.80. The molecule has 0 saturated heterocycles. The van der Waals surface area contributed by atoms with Gasteiger partial charge >= 0.3 is 0 Å². The fraction of sp³-hybridized carbons (Fsp3) is 0.200. The van der Waals surface area contributed by atoms with Gasteiger partial charge in [0.15, 0.2) is 5.78 Å². The van der Waals surface area contributed by atoms with Gasteiger partial charge in [0.2, 0.25) is 0 Å². The average molecular weight is 439 g/mol. The Morgan fingerprint density at radius 2 is 2.18 bits per heavy atom. The molecule has 3 aromatic rings. The van der Waals surface area contributed by atoms with E-state index in [0.29, 0.717) is 15.9 Å². The highest BCUT2D eigenvalue weighted by atomic mass is 79.9. The summed E-state index contributed by atoms with van der Waals surface area (Å²) in [6, 6.07) is 8.77. The zero-order valence-electron chi connectivity index (χ0n) is 15.2. The van der Waals surface area contributed by atoms with Crippen LogP contribution in [-0.2, 0) is 13.1 Å². The standard InChI is InChI=1S/C20H15BrN4O3/c1-3-4-8-25-18-17(15(10-22)19(25)21)23-12-24(20(18)27)11-16(26)13-6-5-7-14(9-13)28-2/h5-7,9,12H,8,11H2,1-2H3. The normalized spacial score (nSPS) is 10.2. The van der Waals surface area contributed by atoms with Gasteiger partial charge in [0.1, 0.15) is 33.0 Å². The first-order chi connectivity index (χ1) is 13.5. The lowest BCUT2D eigenvalue weighted by atomic mass is 10.1. The van der Waals surface area contributed by atoms with Crippen molar-refractivity contribution >= 4 is 32.7 Å². The summed E-state index contributed by atoms with van der Waals surface area (Å²) in [4.78, 5) is 29.9. The number of Topliss-reactive ketones (excluding diaryl/α,β-unsaturated/α-hetero) is 1. The predicted molar refractivity (Wildman–Crippen MR) is 107 cm³/mol. The zero-order chi connectivity index (χ0) is 20.3. The third-order valence-corrected chi connectivity index (χ3v) is 5.02. The molecule has 0 aliphatic heterocycles. The molecule has 0 saturated carbocycles. The molecule has 7 nitrogen and oxygen atoms in total. The maximum absolute atomic E-state index is 13.0. The van der Waals surface area contributed by atoms with Crippen molar-refractivity contribution < 1.29 is 9.53 Å². The summed E-state index contributed by atoms with van der Waals surface area (Å²) in [5.41, 5.74) is 0.782. The molecule has 2 aromatic heterocycles. The largest absolute Gasteiger partial charge is 0.497 e. The van der Waals surface area contributed by atoms with Crippen molar-refractivity contribution in [1.82, 2.24) is 14.1 Å².